The van der Waals surface area contributed by atoms with Crippen molar-refractivity contribution in [2.75, 3.05) is 12.4 Å². The molecule has 0 fully saturated rings. The zero-order valence-electron chi connectivity index (χ0n) is 13.6. The average Bonchev–Trinajstić information content (AvgIpc) is 2.65. The maximum atomic E-state index is 11.8. The van der Waals surface area contributed by atoms with Gasteiger partial charge in [0.1, 0.15) is 0 Å². The van der Waals surface area contributed by atoms with Crippen LogP contribution in [0.15, 0.2) is 47.4 Å². The Labute approximate surface area is 168 Å². The number of nitrogens with one attached hydrogen (secondary N) is 2. The van der Waals surface area contributed by atoms with Crippen molar-refractivity contribution in [2.45, 2.75) is 4.90 Å². The summed E-state index contributed by atoms with van der Waals surface area (Å²) in [5.74, 6) is -1.21. The van der Waals surface area contributed by atoms with Crippen LogP contribution in [0.25, 0.3) is 0 Å². The number of amides is 2. The third kappa shape index (κ3) is 6.63. The summed E-state index contributed by atoms with van der Waals surface area (Å²) >= 11 is 13.0. The minimum atomic E-state index is -0.674. The van der Waals surface area contributed by atoms with Crippen molar-refractivity contribution in [3.8, 4) is 5.75 Å². The van der Waals surface area contributed by atoms with Crippen LogP contribution in [0.3, 0.4) is 0 Å². The van der Waals surface area contributed by atoms with Crippen molar-refractivity contribution < 1.29 is 19.2 Å². The molecule has 0 aliphatic carbocycles. The van der Waals surface area contributed by atoms with Gasteiger partial charge >= 0.3 is 5.69 Å². The van der Waals surface area contributed by atoms with E-state index >= 15 is 0 Å². The molecule has 8 nitrogen and oxygen atoms in total. The second-order valence-corrected chi connectivity index (χ2v) is 6.83. The molecule has 0 aliphatic rings. The molecular formula is C16H13Cl2N3O5S. The maximum Gasteiger partial charge on any atom is 0.310 e. The molecule has 2 amide bonds. The van der Waals surface area contributed by atoms with E-state index < -0.39 is 23.3 Å². The fourth-order valence-electron chi connectivity index (χ4n) is 1.82. The van der Waals surface area contributed by atoms with Crippen LogP contribution < -0.4 is 15.6 Å². The number of hydrogen-bond donors (Lipinski definition) is 2. The average molecular weight is 430 g/mol. The summed E-state index contributed by atoms with van der Waals surface area (Å²) in [4.78, 5) is 34.4. The van der Waals surface area contributed by atoms with Crippen molar-refractivity contribution in [3.63, 3.8) is 0 Å². The third-order valence-electron chi connectivity index (χ3n) is 3.01. The number of para-hydroxylation sites is 2. The lowest BCUT2D eigenvalue weighted by molar-refractivity contribution is -0.385. The Bertz CT molecular complexity index is 866. The summed E-state index contributed by atoms with van der Waals surface area (Å²) in [6.45, 7) is -0.502. The highest BCUT2D eigenvalue weighted by Gasteiger charge is 2.15. The van der Waals surface area contributed by atoms with Gasteiger partial charge in [-0.2, -0.15) is 0 Å². The van der Waals surface area contributed by atoms with Crippen molar-refractivity contribution >= 4 is 52.5 Å². The van der Waals surface area contributed by atoms with Crippen molar-refractivity contribution in [3.05, 3.63) is 62.6 Å². The smallest absolute Gasteiger partial charge is 0.310 e. The number of hydrazine groups is 1. The van der Waals surface area contributed by atoms with Crippen LogP contribution in [0.5, 0.6) is 5.75 Å². The van der Waals surface area contributed by atoms with Gasteiger partial charge in [-0.05, 0) is 24.3 Å². The van der Waals surface area contributed by atoms with E-state index in [0.717, 1.165) is 11.8 Å². The maximum absolute atomic E-state index is 11.8. The summed E-state index contributed by atoms with van der Waals surface area (Å²) in [5.41, 5.74) is 4.11. The van der Waals surface area contributed by atoms with Crippen molar-refractivity contribution in [1.82, 2.24) is 10.9 Å². The Balaban J connectivity index is 1.76. The number of halogens is 2. The molecule has 0 unspecified atom stereocenters. The second kappa shape index (κ2) is 10.0. The Hall–Kier alpha value is -2.49. The summed E-state index contributed by atoms with van der Waals surface area (Å²) < 4.78 is 5.11. The van der Waals surface area contributed by atoms with E-state index in [4.69, 9.17) is 27.9 Å². The van der Waals surface area contributed by atoms with Gasteiger partial charge in [-0.1, -0.05) is 35.3 Å². The molecule has 27 heavy (non-hydrogen) atoms. The summed E-state index contributed by atoms with van der Waals surface area (Å²) in [5, 5.41) is 11.8. The molecule has 0 aromatic heterocycles. The van der Waals surface area contributed by atoms with Gasteiger partial charge in [0.25, 0.3) is 5.91 Å². The van der Waals surface area contributed by atoms with E-state index in [1.54, 1.807) is 24.3 Å². The molecular weight excluding hydrogens is 417 g/mol. The van der Waals surface area contributed by atoms with Crippen LogP contribution >= 0.6 is 35.0 Å². The number of carbonyl (C=O) groups excluding carboxylic acids is 2. The van der Waals surface area contributed by atoms with E-state index in [1.807, 2.05) is 0 Å². The second-order valence-electron chi connectivity index (χ2n) is 4.97. The zero-order valence-corrected chi connectivity index (χ0v) is 15.9. The molecule has 142 valence electrons. The molecule has 11 heteroatoms. The Morgan fingerprint density at radius 1 is 1.11 bits per heavy atom. The number of rotatable bonds is 7. The number of ether oxygens (including phenoxy) is 1. The molecule has 0 aliphatic heterocycles. The minimum absolute atomic E-state index is 0.00857. The first-order valence-electron chi connectivity index (χ1n) is 7.38. The van der Waals surface area contributed by atoms with Gasteiger partial charge in [0.2, 0.25) is 5.91 Å². The van der Waals surface area contributed by atoms with E-state index in [0.29, 0.717) is 14.9 Å². The Morgan fingerprint density at radius 3 is 2.56 bits per heavy atom. The first kappa shape index (κ1) is 20.8. The van der Waals surface area contributed by atoms with Gasteiger partial charge in [0.05, 0.1) is 15.7 Å². The largest absolute Gasteiger partial charge is 0.477 e. The lowest BCUT2D eigenvalue weighted by atomic mass is 10.3. The number of thioether (sulfide) groups is 1. The standard InChI is InChI=1S/C16H13Cl2N3O5S/c17-10-5-6-11(18)14(7-10)27-9-16(23)20-19-15(22)8-26-13-4-2-1-3-12(13)21(24)25/h1-7H,8-9H2,(H,19,22)(H,20,23). The molecule has 2 rings (SSSR count). The Kier molecular flexibility index (Phi) is 7.71. The fourth-order valence-corrected chi connectivity index (χ4v) is 3.11. The number of nitro benzene ring substituents is 1. The van der Waals surface area contributed by atoms with E-state index in [2.05, 4.69) is 10.9 Å². The summed E-state index contributed by atoms with van der Waals surface area (Å²) in [6.07, 6.45) is 0. The van der Waals surface area contributed by atoms with E-state index in [1.165, 1.54) is 18.2 Å². The zero-order chi connectivity index (χ0) is 19.8. The lowest BCUT2D eigenvalue weighted by Gasteiger charge is -2.09. The SMILES string of the molecule is O=C(COc1ccccc1[N+](=O)[O-])NNC(=O)CSc1cc(Cl)ccc1Cl. The van der Waals surface area contributed by atoms with Crippen LogP contribution in [-0.4, -0.2) is 29.1 Å². The number of hydrogen-bond acceptors (Lipinski definition) is 6. The first-order chi connectivity index (χ1) is 12.9. The van der Waals surface area contributed by atoms with Gasteiger partial charge in [-0.25, -0.2) is 0 Å². The minimum Gasteiger partial charge on any atom is -0.477 e. The molecule has 0 atom stereocenters. The van der Waals surface area contributed by atoms with Gasteiger partial charge in [0, 0.05) is 16.0 Å². The Morgan fingerprint density at radius 2 is 1.81 bits per heavy atom. The van der Waals surface area contributed by atoms with Gasteiger partial charge < -0.3 is 4.74 Å². The highest BCUT2D eigenvalue weighted by molar-refractivity contribution is 8.00. The highest BCUT2D eigenvalue weighted by atomic mass is 35.5. The molecule has 2 N–H and O–H groups in total. The molecule has 2 aromatic rings. The van der Waals surface area contributed by atoms with E-state index in [9.17, 15) is 19.7 Å². The molecule has 0 bridgehead atoms. The normalized spacial score (nSPS) is 10.1. The monoisotopic (exact) mass is 429 g/mol. The van der Waals surface area contributed by atoms with Gasteiger partial charge in [0.15, 0.2) is 12.4 Å². The van der Waals surface area contributed by atoms with Gasteiger partial charge in [-0.3, -0.25) is 30.6 Å². The number of benzene rings is 2. The predicted molar refractivity (Wildman–Crippen MR) is 102 cm³/mol. The quantitative estimate of drug-likeness (QED) is 0.397. The summed E-state index contributed by atoms with van der Waals surface area (Å²) in [6, 6.07) is 10.5. The van der Waals surface area contributed by atoms with Crippen LogP contribution in [0.1, 0.15) is 0 Å². The van der Waals surface area contributed by atoms with Crippen LogP contribution in [0, 0.1) is 10.1 Å². The number of nitrogens with zero attached hydrogens (tertiary/aromatic N) is 1. The van der Waals surface area contributed by atoms with Crippen LogP contribution in [-0.2, 0) is 9.59 Å². The molecule has 0 saturated carbocycles. The number of carbonyl (C=O) groups is 2. The number of nitro groups is 1. The van der Waals surface area contributed by atoms with Crippen molar-refractivity contribution in [2.24, 2.45) is 0 Å². The predicted octanol–water partition coefficient (Wildman–Crippen LogP) is 3.22. The van der Waals surface area contributed by atoms with Crippen LogP contribution in [0.4, 0.5) is 5.69 Å². The molecule has 0 saturated heterocycles. The molecule has 0 heterocycles. The fraction of sp³-hybridized carbons (Fsp3) is 0.125. The topological polar surface area (TPSA) is 111 Å². The molecule has 0 radical (unpaired) electrons. The highest BCUT2D eigenvalue weighted by Crippen LogP contribution is 2.29. The molecule has 2 aromatic carbocycles. The van der Waals surface area contributed by atoms with Crippen LogP contribution in [0.2, 0.25) is 10.0 Å². The third-order valence-corrected chi connectivity index (χ3v) is 4.75. The molecule has 0 spiro atoms. The summed E-state index contributed by atoms with van der Waals surface area (Å²) in [7, 11) is 0. The lowest BCUT2D eigenvalue weighted by Crippen LogP contribution is -2.44. The first-order valence-corrected chi connectivity index (χ1v) is 9.12. The van der Waals surface area contributed by atoms with Gasteiger partial charge in [-0.15, -0.1) is 11.8 Å². The van der Waals surface area contributed by atoms with Crippen molar-refractivity contribution in [1.29, 1.82) is 0 Å². The van der Waals surface area contributed by atoms with E-state index in [-0.39, 0.29) is 17.2 Å².